The number of benzene rings is 2. The Balaban J connectivity index is 1.77. The van der Waals surface area contributed by atoms with Gasteiger partial charge in [-0.25, -0.2) is 13.1 Å². The second kappa shape index (κ2) is 11.6. The minimum absolute atomic E-state index is 0.0831. The number of amides is 1. The second-order valence-electron chi connectivity index (χ2n) is 8.08. The molecule has 3 rings (SSSR count). The van der Waals surface area contributed by atoms with Crippen molar-refractivity contribution in [3.05, 3.63) is 77.8 Å². The highest BCUT2D eigenvalue weighted by molar-refractivity contribution is 9.10. The summed E-state index contributed by atoms with van der Waals surface area (Å²) in [6, 6.07) is 11.8. The first-order chi connectivity index (χ1) is 15.8. The Bertz CT molecular complexity index is 1110. The molecular weight excluding hydrogens is 502 g/mol. The molecule has 0 unspecified atom stereocenters. The Kier molecular flexibility index (Phi) is 8.88. The lowest BCUT2D eigenvalue weighted by Gasteiger charge is -2.34. The van der Waals surface area contributed by atoms with Gasteiger partial charge in [-0.05, 0) is 68.0 Å². The van der Waals surface area contributed by atoms with E-state index in [-0.39, 0.29) is 17.3 Å². The van der Waals surface area contributed by atoms with Gasteiger partial charge in [-0.15, -0.1) is 13.2 Å². The molecule has 2 N–H and O–H groups in total. The van der Waals surface area contributed by atoms with E-state index in [2.05, 4.69) is 44.0 Å². The molecule has 33 heavy (non-hydrogen) atoms. The van der Waals surface area contributed by atoms with Gasteiger partial charge in [-0.1, -0.05) is 34.1 Å². The quantitative estimate of drug-likeness (QED) is 0.405. The molecule has 176 valence electrons. The van der Waals surface area contributed by atoms with Crippen LogP contribution in [0.1, 0.15) is 36.0 Å². The number of rotatable bonds is 10. The van der Waals surface area contributed by atoms with Crippen molar-refractivity contribution in [2.75, 3.05) is 29.9 Å². The first kappa shape index (κ1) is 25.2. The molecule has 0 spiro atoms. The van der Waals surface area contributed by atoms with Crippen LogP contribution in [0.3, 0.4) is 0 Å². The van der Waals surface area contributed by atoms with Crippen molar-refractivity contribution in [2.45, 2.75) is 30.6 Å². The standard InChI is InChI=1S/C25H30BrN3O3S/c1-3-5-7-19-12-15-29(16-13-19)24-17-20(26)10-11-23(24)25(30)28-21-8-6-9-22(18-21)33(31,32)27-14-4-2/h3-4,6,8-11,17-19,27H,1-2,5,7,12-16H2,(H,28,30). The Morgan fingerprint density at radius 1 is 1.12 bits per heavy atom. The van der Waals surface area contributed by atoms with Crippen molar-refractivity contribution < 1.29 is 13.2 Å². The van der Waals surface area contributed by atoms with Gasteiger partial charge < -0.3 is 10.2 Å². The van der Waals surface area contributed by atoms with Crippen LogP contribution in [0.15, 0.2) is 77.1 Å². The van der Waals surface area contributed by atoms with E-state index in [4.69, 9.17) is 0 Å². The van der Waals surface area contributed by atoms with Gasteiger partial charge in [0.05, 0.1) is 16.1 Å². The predicted octanol–water partition coefficient (Wildman–Crippen LogP) is 5.35. The highest BCUT2D eigenvalue weighted by Gasteiger charge is 2.23. The maximum Gasteiger partial charge on any atom is 0.257 e. The van der Waals surface area contributed by atoms with Crippen molar-refractivity contribution in [1.29, 1.82) is 0 Å². The van der Waals surface area contributed by atoms with Crippen molar-refractivity contribution in [3.63, 3.8) is 0 Å². The number of allylic oxidation sites excluding steroid dienone is 1. The zero-order valence-electron chi connectivity index (χ0n) is 18.6. The number of sulfonamides is 1. The molecule has 1 saturated heterocycles. The molecule has 0 aliphatic carbocycles. The molecule has 8 heteroatoms. The Morgan fingerprint density at radius 2 is 1.88 bits per heavy atom. The van der Waals surface area contributed by atoms with Crippen LogP contribution in [0, 0.1) is 5.92 Å². The van der Waals surface area contributed by atoms with Gasteiger partial charge in [-0.3, -0.25) is 4.79 Å². The third-order valence-corrected chi connectivity index (χ3v) is 7.67. The fourth-order valence-electron chi connectivity index (χ4n) is 3.97. The smallest absolute Gasteiger partial charge is 0.257 e. The Labute approximate surface area is 204 Å². The van der Waals surface area contributed by atoms with Gasteiger partial charge in [0, 0.05) is 29.8 Å². The topological polar surface area (TPSA) is 78.5 Å². The molecule has 0 atom stereocenters. The van der Waals surface area contributed by atoms with Crippen LogP contribution in [0.2, 0.25) is 0 Å². The van der Waals surface area contributed by atoms with Gasteiger partial charge >= 0.3 is 0 Å². The molecule has 0 radical (unpaired) electrons. The summed E-state index contributed by atoms with van der Waals surface area (Å²) in [5.74, 6) is 0.406. The molecule has 1 heterocycles. The SMILES string of the molecule is C=CCCC1CCN(c2cc(Br)ccc2C(=O)Nc2cccc(S(=O)(=O)NCC=C)c2)CC1. The molecule has 0 aromatic heterocycles. The fourth-order valence-corrected chi connectivity index (χ4v) is 5.36. The molecule has 1 aliphatic heterocycles. The first-order valence-electron chi connectivity index (χ1n) is 11.0. The molecule has 1 aliphatic rings. The van der Waals surface area contributed by atoms with E-state index < -0.39 is 10.0 Å². The first-order valence-corrected chi connectivity index (χ1v) is 13.3. The average Bonchev–Trinajstić information content (AvgIpc) is 2.82. The van der Waals surface area contributed by atoms with Crippen molar-refractivity contribution >= 4 is 43.2 Å². The van der Waals surface area contributed by atoms with E-state index in [9.17, 15) is 13.2 Å². The van der Waals surface area contributed by atoms with Gasteiger partial charge in [0.25, 0.3) is 5.91 Å². The van der Waals surface area contributed by atoms with E-state index in [0.29, 0.717) is 17.2 Å². The molecule has 1 fully saturated rings. The average molecular weight is 533 g/mol. The lowest BCUT2D eigenvalue weighted by atomic mass is 9.91. The summed E-state index contributed by atoms with van der Waals surface area (Å²) in [5.41, 5.74) is 1.85. The van der Waals surface area contributed by atoms with Crippen LogP contribution in [-0.2, 0) is 10.0 Å². The lowest BCUT2D eigenvalue weighted by Crippen LogP contribution is -2.35. The highest BCUT2D eigenvalue weighted by Crippen LogP contribution is 2.31. The van der Waals surface area contributed by atoms with Crippen molar-refractivity contribution in [2.24, 2.45) is 5.92 Å². The third-order valence-electron chi connectivity index (χ3n) is 5.76. The second-order valence-corrected chi connectivity index (χ2v) is 10.8. The number of nitrogens with one attached hydrogen (secondary N) is 2. The summed E-state index contributed by atoms with van der Waals surface area (Å²) in [6.07, 6.45) is 7.80. The maximum atomic E-state index is 13.2. The summed E-state index contributed by atoms with van der Waals surface area (Å²) in [4.78, 5) is 15.5. The Hall–Kier alpha value is -2.42. The van der Waals surface area contributed by atoms with Gasteiger partial charge in [-0.2, -0.15) is 0 Å². The minimum atomic E-state index is -3.68. The predicted molar refractivity (Wildman–Crippen MR) is 138 cm³/mol. The number of hydrogen-bond donors (Lipinski definition) is 2. The number of halogens is 1. The largest absolute Gasteiger partial charge is 0.371 e. The van der Waals surface area contributed by atoms with Gasteiger partial charge in [0.15, 0.2) is 0 Å². The molecule has 0 saturated carbocycles. The van der Waals surface area contributed by atoms with E-state index in [1.807, 2.05) is 18.2 Å². The maximum absolute atomic E-state index is 13.2. The van der Waals surface area contributed by atoms with Crippen molar-refractivity contribution in [1.82, 2.24) is 4.72 Å². The van der Waals surface area contributed by atoms with E-state index in [1.54, 1.807) is 18.2 Å². The molecule has 2 aromatic rings. The summed E-state index contributed by atoms with van der Waals surface area (Å²) in [6.45, 7) is 9.25. The summed E-state index contributed by atoms with van der Waals surface area (Å²) in [5, 5.41) is 2.86. The number of nitrogens with zero attached hydrogens (tertiary/aromatic N) is 1. The number of hydrogen-bond acceptors (Lipinski definition) is 4. The minimum Gasteiger partial charge on any atom is -0.371 e. The highest BCUT2D eigenvalue weighted by atomic mass is 79.9. The number of piperidine rings is 1. The molecule has 0 bridgehead atoms. The van der Waals surface area contributed by atoms with Crippen LogP contribution in [0.4, 0.5) is 11.4 Å². The normalized spacial score (nSPS) is 14.6. The fraction of sp³-hybridized carbons (Fsp3) is 0.320. The van der Waals surface area contributed by atoms with Crippen LogP contribution in [-0.4, -0.2) is 34.0 Å². The van der Waals surface area contributed by atoms with Gasteiger partial charge in [0.2, 0.25) is 10.0 Å². The monoisotopic (exact) mass is 531 g/mol. The van der Waals surface area contributed by atoms with Crippen LogP contribution in [0.5, 0.6) is 0 Å². The van der Waals surface area contributed by atoms with Crippen molar-refractivity contribution in [3.8, 4) is 0 Å². The zero-order valence-corrected chi connectivity index (χ0v) is 21.0. The third kappa shape index (κ3) is 6.79. The summed E-state index contributed by atoms with van der Waals surface area (Å²) >= 11 is 3.53. The van der Waals surface area contributed by atoms with Crippen LogP contribution in [0.25, 0.3) is 0 Å². The molecule has 6 nitrogen and oxygen atoms in total. The number of carbonyl (C=O) groups excluding carboxylic acids is 1. The lowest BCUT2D eigenvalue weighted by molar-refractivity contribution is 0.102. The molecule has 1 amide bonds. The number of anilines is 2. The summed E-state index contributed by atoms with van der Waals surface area (Å²) in [7, 11) is -3.68. The van der Waals surface area contributed by atoms with E-state index in [1.165, 1.54) is 18.2 Å². The molecule has 2 aromatic carbocycles. The van der Waals surface area contributed by atoms with Crippen LogP contribution < -0.4 is 14.9 Å². The van der Waals surface area contributed by atoms with Crippen LogP contribution >= 0.6 is 15.9 Å². The Morgan fingerprint density at radius 3 is 2.58 bits per heavy atom. The van der Waals surface area contributed by atoms with Gasteiger partial charge in [0.1, 0.15) is 0 Å². The zero-order chi connectivity index (χ0) is 23.8. The number of carbonyl (C=O) groups is 1. The molecular formula is C25H30BrN3O3S. The van der Waals surface area contributed by atoms with E-state index in [0.717, 1.165) is 48.9 Å². The summed E-state index contributed by atoms with van der Waals surface area (Å²) < 4.78 is 28.1. The van der Waals surface area contributed by atoms with E-state index >= 15 is 0 Å².